The summed E-state index contributed by atoms with van der Waals surface area (Å²) in [6.07, 6.45) is 0. The summed E-state index contributed by atoms with van der Waals surface area (Å²) in [6, 6.07) is 10.7. The molecule has 10 heteroatoms. The van der Waals surface area contributed by atoms with Crippen molar-refractivity contribution in [2.24, 2.45) is 0 Å². The molecule has 0 spiro atoms. The van der Waals surface area contributed by atoms with Crippen LogP contribution in [0.2, 0.25) is 0 Å². The Balaban J connectivity index is 0. The molecule has 9 nitrogen and oxygen atoms in total. The number of rotatable bonds is 4. The monoisotopic (exact) mass is 329 g/mol. The number of carbonyl (C=O) groups excluding carboxylic acids is 1. The minimum Gasteiger partial charge on any atom is -1.00 e. The first-order chi connectivity index (χ1) is 9.99. The van der Waals surface area contributed by atoms with E-state index in [-0.39, 0.29) is 48.4 Å². The fraction of sp³-hybridized carbons (Fsp3) is 0. The third kappa shape index (κ3) is 5.11. The van der Waals surface area contributed by atoms with Gasteiger partial charge in [-0.1, -0.05) is 18.2 Å². The molecule has 0 saturated carbocycles. The van der Waals surface area contributed by atoms with Gasteiger partial charge in [0.15, 0.2) is 0 Å². The molecule has 0 aliphatic carbocycles. The topological polar surface area (TPSA) is 148 Å². The zero-order valence-electron chi connectivity index (χ0n) is 13.2. The number of hydrogen-bond donors (Lipinski definition) is 1. The molecule has 0 bridgehead atoms. The van der Waals surface area contributed by atoms with Gasteiger partial charge in [0.05, 0.1) is 21.5 Å². The molecule has 116 valence electrons. The number of nitro groups is 2. The van der Waals surface area contributed by atoms with Gasteiger partial charge in [0.2, 0.25) is 5.75 Å². The van der Waals surface area contributed by atoms with Crippen molar-refractivity contribution >= 4 is 17.3 Å². The fourth-order valence-electron chi connectivity index (χ4n) is 1.58. The van der Waals surface area contributed by atoms with Crippen molar-refractivity contribution in [3.8, 4) is 5.75 Å². The Morgan fingerprint density at radius 2 is 1.61 bits per heavy atom. The van der Waals surface area contributed by atoms with Gasteiger partial charge in [0, 0.05) is 6.07 Å². The van der Waals surface area contributed by atoms with Crippen molar-refractivity contribution < 1.29 is 50.4 Å². The Morgan fingerprint density at radius 1 is 1.00 bits per heavy atom. The van der Waals surface area contributed by atoms with Crippen LogP contribution in [0.5, 0.6) is 5.75 Å². The van der Waals surface area contributed by atoms with Crippen LogP contribution in [0.25, 0.3) is 0 Å². The minimum absolute atomic E-state index is 0. The van der Waals surface area contributed by atoms with Gasteiger partial charge in [0.1, 0.15) is 0 Å². The van der Waals surface area contributed by atoms with Crippen molar-refractivity contribution in [2.75, 3.05) is 0 Å². The van der Waals surface area contributed by atoms with Crippen LogP contribution in [0.4, 0.5) is 11.4 Å². The first kappa shape index (κ1) is 20.7. The summed E-state index contributed by atoms with van der Waals surface area (Å²) in [5.41, 5.74) is -0.889. The summed E-state index contributed by atoms with van der Waals surface area (Å²) in [7, 11) is 0. The average Bonchev–Trinajstić information content (AvgIpc) is 2.48. The van der Waals surface area contributed by atoms with Crippen molar-refractivity contribution in [3.05, 3.63) is 74.3 Å². The van der Waals surface area contributed by atoms with Crippen LogP contribution >= 0.6 is 0 Å². The summed E-state index contributed by atoms with van der Waals surface area (Å²) in [5, 5.41) is 21.5. The van der Waals surface area contributed by atoms with E-state index in [1.165, 1.54) is 12.1 Å². The minimum atomic E-state index is -0.847. The molecule has 3 N–H and O–H groups in total. The van der Waals surface area contributed by atoms with Gasteiger partial charge in [-0.3, -0.25) is 20.2 Å². The molecule has 0 fully saturated rings. The number of esters is 1. The van der Waals surface area contributed by atoms with Gasteiger partial charge in [-0.25, -0.2) is 4.79 Å². The molecule has 2 aromatic rings. The SMILES string of the molecule is N.O=C(Oc1ccc([N+](=O)[O-])cc1[N+](=O)[O-])c1ccccc1.[H-].[Na+]. The third-order valence-corrected chi connectivity index (χ3v) is 2.56. The Labute approximate surface area is 153 Å². The molecular weight excluding hydrogens is 317 g/mol. The summed E-state index contributed by atoms with van der Waals surface area (Å²) in [5.74, 6) is -1.13. The maximum Gasteiger partial charge on any atom is 1.00 e. The Hall–Kier alpha value is -2.33. The average molecular weight is 329 g/mol. The van der Waals surface area contributed by atoms with E-state index in [0.29, 0.717) is 0 Å². The molecule has 0 aromatic heterocycles. The molecule has 0 saturated heterocycles. The zero-order valence-corrected chi connectivity index (χ0v) is 14.2. The number of carbonyl (C=O) groups is 1. The van der Waals surface area contributed by atoms with Gasteiger partial charge < -0.3 is 12.3 Å². The second kappa shape index (κ2) is 8.96. The predicted octanol–water partition coefficient (Wildman–Crippen LogP) is 0.000700. The number of hydrogen-bond acceptors (Lipinski definition) is 7. The van der Waals surface area contributed by atoms with E-state index in [1.807, 2.05) is 0 Å². The van der Waals surface area contributed by atoms with E-state index in [1.54, 1.807) is 18.2 Å². The summed E-state index contributed by atoms with van der Waals surface area (Å²) in [6.45, 7) is 0. The number of non-ortho nitro benzene ring substituents is 1. The molecule has 23 heavy (non-hydrogen) atoms. The first-order valence-electron chi connectivity index (χ1n) is 5.69. The van der Waals surface area contributed by atoms with Crippen LogP contribution in [-0.2, 0) is 0 Å². The van der Waals surface area contributed by atoms with E-state index < -0.39 is 27.2 Å². The number of ether oxygens (including phenoxy) is 1. The van der Waals surface area contributed by atoms with E-state index in [9.17, 15) is 25.0 Å². The number of nitrogens with zero attached hydrogens (tertiary/aromatic N) is 2. The quantitative estimate of drug-likeness (QED) is 0.273. The van der Waals surface area contributed by atoms with Gasteiger partial charge in [-0.2, -0.15) is 0 Å². The third-order valence-electron chi connectivity index (χ3n) is 2.56. The van der Waals surface area contributed by atoms with Gasteiger partial charge in [-0.05, 0) is 18.2 Å². The van der Waals surface area contributed by atoms with Gasteiger partial charge in [-0.15, -0.1) is 0 Å². The first-order valence-corrected chi connectivity index (χ1v) is 5.69. The maximum absolute atomic E-state index is 11.8. The van der Waals surface area contributed by atoms with E-state index in [4.69, 9.17) is 4.74 Å². The summed E-state index contributed by atoms with van der Waals surface area (Å²) in [4.78, 5) is 31.7. The molecule has 2 aromatic carbocycles. The second-order valence-corrected chi connectivity index (χ2v) is 3.92. The van der Waals surface area contributed by atoms with Crippen LogP contribution in [0.3, 0.4) is 0 Å². The predicted molar refractivity (Wildman–Crippen MR) is 77.3 cm³/mol. The molecule has 0 atom stereocenters. The molecule has 0 heterocycles. The molecule has 0 aliphatic rings. The zero-order chi connectivity index (χ0) is 15.4. The standard InChI is InChI=1S/C13H8N2O6.H3N.Na.H/c16-13(9-4-2-1-3-5-9)21-12-7-6-10(14(17)18)8-11(12)15(19)20;;;/h1-8H;1H3;;/q;;+1;-1. The summed E-state index contributed by atoms with van der Waals surface area (Å²) < 4.78 is 4.92. The smallest absolute Gasteiger partial charge is 1.00 e. The van der Waals surface area contributed by atoms with E-state index >= 15 is 0 Å². The molecule has 2 rings (SSSR count). The van der Waals surface area contributed by atoms with Crippen LogP contribution in [0.15, 0.2) is 48.5 Å². The molecule has 0 radical (unpaired) electrons. The molecule has 0 unspecified atom stereocenters. The van der Waals surface area contributed by atoms with Crippen LogP contribution in [0.1, 0.15) is 11.8 Å². The Kier molecular flexibility index (Phi) is 8.05. The van der Waals surface area contributed by atoms with E-state index in [0.717, 1.165) is 18.2 Å². The molecule has 0 aliphatic heterocycles. The van der Waals surface area contributed by atoms with Gasteiger partial charge in [0.25, 0.3) is 5.69 Å². The molecule has 0 amide bonds. The Bertz CT molecular complexity index is 729. The van der Waals surface area contributed by atoms with Crippen molar-refractivity contribution in [1.29, 1.82) is 0 Å². The van der Waals surface area contributed by atoms with Gasteiger partial charge >= 0.3 is 41.2 Å². The van der Waals surface area contributed by atoms with Crippen LogP contribution in [-0.4, -0.2) is 15.8 Å². The number of benzene rings is 2. The van der Waals surface area contributed by atoms with Crippen LogP contribution < -0.4 is 40.4 Å². The second-order valence-electron chi connectivity index (χ2n) is 3.92. The van der Waals surface area contributed by atoms with E-state index in [2.05, 4.69) is 0 Å². The summed E-state index contributed by atoms with van der Waals surface area (Å²) >= 11 is 0. The fourth-order valence-corrected chi connectivity index (χ4v) is 1.58. The number of nitro benzene ring substituents is 2. The van der Waals surface area contributed by atoms with Crippen molar-refractivity contribution in [2.45, 2.75) is 0 Å². The maximum atomic E-state index is 11.8. The molecular formula is C13H12N3NaO6. The largest absolute Gasteiger partial charge is 1.00 e. The Morgan fingerprint density at radius 3 is 2.13 bits per heavy atom. The van der Waals surface area contributed by atoms with Crippen molar-refractivity contribution in [1.82, 2.24) is 6.15 Å². The van der Waals surface area contributed by atoms with Crippen molar-refractivity contribution in [3.63, 3.8) is 0 Å². The van der Waals surface area contributed by atoms with Crippen LogP contribution in [0, 0.1) is 20.2 Å². The normalized spacial score (nSPS) is 9.04.